The summed E-state index contributed by atoms with van der Waals surface area (Å²) >= 11 is 0. The van der Waals surface area contributed by atoms with Gasteiger partial charge < -0.3 is 28.4 Å². The van der Waals surface area contributed by atoms with E-state index < -0.39 is 23.9 Å². The van der Waals surface area contributed by atoms with Crippen molar-refractivity contribution < 1.29 is 47.6 Å². The fourth-order valence-corrected chi connectivity index (χ4v) is 2.55. The minimum absolute atomic E-state index is 0.0809. The molecule has 10 heteroatoms. The van der Waals surface area contributed by atoms with E-state index in [4.69, 9.17) is 28.4 Å². The summed E-state index contributed by atoms with van der Waals surface area (Å²) in [6.07, 6.45) is 5.22. The van der Waals surface area contributed by atoms with Gasteiger partial charge in [-0.15, -0.1) is 0 Å². The molecule has 0 fully saturated rings. The molecule has 172 valence electrons. The molecule has 0 aromatic heterocycles. The van der Waals surface area contributed by atoms with Gasteiger partial charge in [0.2, 0.25) is 23.0 Å². The molecule has 0 unspecified atom stereocenters. The average Bonchev–Trinajstić information content (AvgIpc) is 2.79. The molecule has 0 amide bonds. The Hall–Kier alpha value is -3.82. The molecule has 0 saturated heterocycles. The van der Waals surface area contributed by atoms with Crippen LogP contribution in [0.25, 0.3) is 0 Å². The molecule has 2 aliphatic heterocycles. The number of carbonyl (C=O) groups excluding carboxylic acids is 4. The Labute approximate surface area is 184 Å². The van der Waals surface area contributed by atoms with Crippen LogP contribution >= 0.6 is 0 Å². The van der Waals surface area contributed by atoms with E-state index in [0.29, 0.717) is 0 Å². The van der Waals surface area contributed by atoms with E-state index in [1.165, 1.54) is 24.3 Å². The highest BCUT2D eigenvalue weighted by Crippen LogP contribution is 2.29. The lowest BCUT2D eigenvalue weighted by Gasteiger charge is -2.20. The molecule has 2 rings (SSSR count). The molecule has 0 aliphatic carbocycles. The summed E-state index contributed by atoms with van der Waals surface area (Å²) in [5, 5.41) is 0. The number of hydrogen-bond acceptors (Lipinski definition) is 10. The third-order valence-electron chi connectivity index (χ3n) is 3.83. The van der Waals surface area contributed by atoms with Crippen LogP contribution in [0.1, 0.15) is 27.7 Å². The van der Waals surface area contributed by atoms with E-state index in [2.05, 4.69) is 0 Å². The van der Waals surface area contributed by atoms with Crippen molar-refractivity contribution >= 4 is 23.9 Å². The Morgan fingerprint density at radius 2 is 0.750 bits per heavy atom. The molecule has 32 heavy (non-hydrogen) atoms. The molecule has 2 heterocycles. The summed E-state index contributed by atoms with van der Waals surface area (Å²) in [7, 11) is 0. The molecular weight excluding hydrogens is 424 g/mol. The maximum absolute atomic E-state index is 12.2. The number of rotatable bonds is 8. The zero-order valence-electron chi connectivity index (χ0n) is 18.2. The molecule has 0 radical (unpaired) electrons. The van der Waals surface area contributed by atoms with Crippen molar-refractivity contribution in [3.05, 3.63) is 58.5 Å². The second-order valence-corrected chi connectivity index (χ2v) is 6.03. The molecular formula is C22H24O10. The monoisotopic (exact) mass is 448 g/mol. The van der Waals surface area contributed by atoms with Gasteiger partial charge in [-0.1, -0.05) is 0 Å². The topological polar surface area (TPSA) is 124 Å². The fraction of sp³-hybridized carbons (Fsp3) is 0.364. The summed E-state index contributed by atoms with van der Waals surface area (Å²) < 4.78 is 30.5. The van der Waals surface area contributed by atoms with Crippen molar-refractivity contribution in [3.8, 4) is 0 Å². The molecule has 0 aromatic carbocycles. The number of carbonyl (C=O) groups is 4. The van der Waals surface area contributed by atoms with E-state index >= 15 is 0 Å². The summed E-state index contributed by atoms with van der Waals surface area (Å²) in [6.45, 7) is 6.78. The molecule has 10 nitrogen and oxygen atoms in total. The lowest BCUT2D eigenvalue weighted by Crippen LogP contribution is -2.20. The van der Waals surface area contributed by atoms with E-state index in [1.807, 2.05) is 0 Å². The first-order chi connectivity index (χ1) is 15.3. The van der Waals surface area contributed by atoms with Gasteiger partial charge in [-0.25, -0.2) is 19.2 Å². The van der Waals surface area contributed by atoms with Crippen LogP contribution in [0.4, 0.5) is 0 Å². The Morgan fingerprint density at radius 3 is 0.938 bits per heavy atom. The van der Waals surface area contributed by atoms with Crippen LogP contribution in [0.15, 0.2) is 58.5 Å². The Kier molecular flexibility index (Phi) is 8.82. The van der Waals surface area contributed by atoms with Gasteiger partial charge in [0, 0.05) is 0 Å². The highest BCUT2D eigenvalue weighted by atomic mass is 16.6. The Balaban J connectivity index is 2.64. The SMILES string of the molecule is CCOC(=O)C1=CC(=C2C=C(C(=O)OCC)OC(C(=O)OCC)=C2)C=C(C(=O)OCC)O1. The highest BCUT2D eigenvalue weighted by Gasteiger charge is 2.29. The largest absolute Gasteiger partial charge is 0.460 e. The predicted octanol–water partition coefficient (Wildman–Crippen LogP) is 2.13. The van der Waals surface area contributed by atoms with Crippen LogP contribution in [0.5, 0.6) is 0 Å². The molecule has 0 bridgehead atoms. The van der Waals surface area contributed by atoms with Gasteiger partial charge in [-0.2, -0.15) is 0 Å². The van der Waals surface area contributed by atoms with Crippen LogP contribution < -0.4 is 0 Å². The van der Waals surface area contributed by atoms with Gasteiger partial charge in [-0.05, 0) is 63.1 Å². The zero-order valence-corrected chi connectivity index (χ0v) is 18.2. The maximum Gasteiger partial charge on any atom is 0.374 e. The van der Waals surface area contributed by atoms with Gasteiger partial charge in [0.1, 0.15) is 0 Å². The smallest absolute Gasteiger partial charge is 0.374 e. The minimum Gasteiger partial charge on any atom is -0.460 e. The van der Waals surface area contributed by atoms with E-state index in [0.717, 1.165) is 0 Å². The minimum atomic E-state index is -0.809. The Morgan fingerprint density at radius 1 is 0.531 bits per heavy atom. The number of hydrogen-bond donors (Lipinski definition) is 0. The standard InChI is InChI=1S/C22H24O10/c1-5-27-19(23)15-9-13(10-16(31-15)20(24)28-6-2)14-11-17(21(25)29-7-3)32-18(12-14)22(26)30-8-4/h9-12H,5-8H2,1-4H3. The van der Waals surface area contributed by atoms with Gasteiger partial charge in [-0.3, -0.25) is 0 Å². The van der Waals surface area contributed by atoms with E-state index in [1.54, 1.807) is 27.7 Å². The van der Waals surface area contributed by atoms with Crippen LogP contribution in [0.2, 0.25) is 0 Å². The number of esters is 4. The van der Waals surface area contributed by atoms with Crippen molar-refractivity contribution in [2.24, 2.45) is 0 Å². The maximum atomic E-state index is 12.2. The second kappa shape index (κ2) is 11.5. The van der Waals surface area contributed by atoms with Gasteiger partial charge in [0.05, 0.1) is 26.4 Å². The van der Waals surface area contributed by atoms with Crippen molar-refractivity contribution in [2.45, 2.75) is 27.7 Å². The van der Waals surface area contributed by atoms with Crippen LogP contribution in [-0.4, -0.2) is 50.3 Å². The first kappa shape index (κ1) is 24.4. The van der Waals surface area contributed by atoms with E-state index in [-0.39, 0.29) is 60.6 Å². The molecule has 0 N–H and O–H groups in total. The quantitative estimate of drug-likeness (QED) is 0.403. The summed E-state index contributed by atoms with van der Waals surface area (Å²) in [5.74, 6) is -4.33. The van der Waals surface area contributed by atoms with Crippen LogP contribution in [-0.2, 0) is 47.6 Å². The number of allylic oxidation sites excluding steroid dienone is 6. The van der Waals surface area contributed by atoms with Crippen molar-refractivity contribution in [1.29, 1.82) is 0 Å². The third-order valence-corrected chi connectivity index (χ3v) is 3.83. The zero-order chi connectivity index (χ0) is 23.7. The fourth-order valence-electron chi connectivity index (χ4n) is 2.55. The van der Waals surface area contributed by atoms with Crippen molar-refractivity contribution in [2.75, 3.05) is 26.4 Å². The van der Waals surface area contributed by atoms with Crippen LogP contribution in [0, 0.1) is 0 Å². The lowest BCUT2D eigenvalue weighted by atomic mass is 10.0. The third kappa shape index (κ3) is 6.10. The highest BCUT2D eigenvalue weighted by molar-refractivity contribution is 5.95. The Bertz CT molecular complexity index is 798. The van der Waals surface area contributed by atoms with Gasteiger partial charge >= 0.3 is 23.9 Å². The predicted molar refractivity (Wildman–Crippen MR) is 108 cm³/mol. The first-order valence-corrected chi connectivity index (χ1v) is 9.99. The molecule has 0 spiro atoms. The van der Waals surface area contributed by atoms with E-state index in [9.17, 15) is 19.2 Å². The normalized spacial score (nSPS) is 15.1. The lowest BCUT2D eigenvalue weighted by molar-refractivity contribution is -0.147. The molecule has 0 atom stereocenters. The summed E-state index contributed by atoms with van der Waals surface area (Å²) in [4.78, 5) is 49.0. The summed E-state index contributed by atoms with van der Waals surface area (Å²) in [5.41, 5.74) is 0.517. The van der Waals surface area contributed by atoms with Crippen molar-refractivity contribution in [1.82, 2.24) is 0 Å². The first-order valence-electron chi connectivity index (χ1n) is 9.99. The summed E-state index contributed by atoms with van der Waals surface area (Å²) in [6, 6.07) is 0. The molecule has 0 saturated carbocycles. The molecule has 2 aliphatic rings. The van der Waals surface area contributed by atoms with Gasteiger partial charge in [0.15, 0.2) is 0 Å². The molecule has 0 aromatic rings. The van der Waals surface area contributed by atoms with Crippen LogP contribution in [0.3, 0.4) is 0 Å². The van der Waals surface area contributed by atoms with Gasteiger partial charge in [0.25, 0.3) is 0 Å². The second-order valence-electron chi connectivity index (χ2n) is 6.03. The number of ether oxygens (including phenoxy) is 6. The average molecular weight is 448 g/mol. The van der Waals surface area contributed by atoms with Crippen molar-refractivity contribution in [3.63, 3.8) is 0 Å².